The minimum absolute atomic E-state index is 0.0141. The van der Waals surface area contributed by atoms with Crippen LogP contribution in [0.15, 0.2) is 53.7 Å². The van der Waals surface area contributed by atoms with Gasteiger partial charge < -0.3 is 11.2 Å². The average Bonchev–Trinajstić information content (AvgIpc) is 3.08. The summed E-state index contributed by atoms with van der Waals surface area (Å²) in [5.74, 6) is 5.78. The van der Waals surface area contributed by atoms with E-state index in [0.717, 1.165) is 19.3 Å². The maximum absolute atomic E-state index is 14.0. The highest BCUT2D eigenvalue weighted by molar-refractivity contribution is 8.00. The molecule has 4 rings (SSSR count). The van der Waals surface area contributed by atoms with Crippen molar-refractivity contribution in [2.75, 3.05) is 5.84 Å². The van der Waals surface area contributed by atoms with E-state index in [4.69, 9.17) is 5.84 Å². The van der Waals surface area contributed by atoms with E-state index < -0.39 is 11.1 Å². The Morgan fingerprint density at radius 1 is 1.24 bits per heavy atom. The van der Waals surface area contributed by atoms with E-state index in [-0.39, 0.29) is 23.3 Å². The molecule has 1 aliphatic rings. The van der Waals surface area contributed by atoms with Crippen LogP contribution in [-0.2, 0) is 11.2 Å². The van der Waals surface area contributed by atoms with Gasteiger partial charge in [0, 0.05) is 0 Å². The zero-order chi connectivity index (χ0) is 20.4. The Kier molecular flexibility index (Phi) is 5.53. The number of aromatic nitrogens is 3. The largest absolute Gasteiger partial charge is 0.348 e. The predicted molar refractivity (Wildman–Crippen MR) is 111 cm³/mol. The lowest BCUT2D eigenvalue weighted by Crippen LogP contribution is -2.36. The smallest absolute Gasteiger partial charge is 0.233 e. The Morgan fingerprint density at radius 3 is 2.83 bits per heavy atom. The molecule has 3 N–H and O–H groups in total. The van der Waals surface area contributed by atoms with Gasteiger partial charge in [0.1, 0.15) is 5.82 Å². The van der Waals surface area contributed by atoms with Crippen molar-refractivity contribution in [2.45, 2.75) is 42.6 Å². The Bertz CT molecular complexity index is 1040. The lowest BCUT2D eigenvalue weighted by atomic mass is 9.88. The molecule has 0 fully saturated rings. The second-order valence-electron chi connectivity index (χ2n) is 7.07. The maximum Gasteiger partial charge on any atom is 0.233 e. The van der Waals surface area contributed by atoms with Gasteiger partial charge in [-0.1, -0.05) is 48.2 Å². The lowest BCUT2D eigenvalue weighted by molar-refractivity contribution is -0.121. The quantitative estimate of drug-likeness (QED) is 0.496. The normalized spacial score (nSPS) is 16.8. The van der Waals surface area contributed by atoms with Crippen molar-refractivity contribution in [3.8, 4) is 11.4 Å². The number of carbonyl (C=O) groups is 1. The van der Waals surface area contributed by atoms with Gasteiger partial charge in [0.15, 0.2) is 5.82 Å². The molecule has 1 amide bonds. The van der Waals surface area contributed by atoms with Crippen molar-refractivity contribution >= 4 is 17.7 Å². The van der Waals surface area contributed by atoms with Crippen LogP contribution in [0.3, 0.4) is 0 Å². The van der Waals surface area contributed by atoms with Crippen molar-refractivity contribution < 1.29 is 9.18 Å². The van der Waals surface area contributed by atoms with Crippen molar-refractivity contribution in [1.29, 1.82) is 0 Å². The molecule has 0 bridgehead atoms. The molecule has 2 unspecified atom stereocenters. The zero-order valence-electron chi connectivity index (χ0n) is 16.0. The van der Waals surface area contributed by atoms with E-state index in [1.807, 2.05) is 12.1 Å². The molecule has 1 heterocycles. The molecule has 1 aliphatic carbocycles. The number of nitrogens with one attached hydrogen (secondary N) is 1. The molecule has 0 spiro atoms. The summed E-state index contributed by atoms with van der Waals surface area (Å²) in [6.45, 7) is 1.80. The number of hydrogen-bond donors (Lipinski definition) is 2. The highest BCUT2D eigenvalue weighted by Gasteiger charge is 2.25. The number of carbonyl (C=O) groups excluding carboxylic acids is 1. The van der Waals surface area contributed by atoms with Crippen LogP contribution in [0.2, 0.25) is 0 Å². The number of rotatable bonds is 5. The summed E-state index contributed by atoms with van der Waals surface area (Å²) in [6, 6.07) is 14.5. The van der Waals surface area contributed by atoms with Gasteiger partial charge in [-0.2, -0.15) is 0 Å². The molecule has 1 aromatic heterocycles. The summed E-state index contributed by atoms with van der Waals surface area (Å²) in [5, 5.41) is 11.1. The molecular formula is C21H22FN5OS. The van der Waals surface area contributed by atoms with Crippen LogP contribution in [-0.4, -0.2) is 26.0 Å². The molecular weight excluding hydrogens is 389 g/mol. The summed E-state index contributed by atoms with van der Waals surface area (Å²) in [4.78, 5) is 12.8. The first kappa shape index (κ1) is 19.4. The number of halogens is 1. The van der Waals surface area contributed by atoms with Crippen LogP contribution in [0.5, 0.6) is 0 Å². The summed E-state index contributed by atoms with van der Waals surface area (Å²) >= 11 is 1.20. The average molecular weight is 412 g/mol. The molecule has 0 saturated carbocycles. The number of hydrogen-bond acceptors (Lipinski definition) is 5. The fourth-order valence-electron chi connectivity index (χ4n) is 3.59. The molecule has 150 valence electrons. The summed E-state index contributed by atoms with van der Waals surface area (Å²) in [6.07, 6.45) is 3.01. The molecule has 0 saturated heterocycles. The number of amides is 1. The Balaban J connectivity index is 1.46. The molecule has 29 heavy (non-hydrogen) atoms. The number of aryl methyl sites for hydroxylation is 1. The number of fused-ring (bicyclic) bond motifs is 1. The van der Waals surface area contributed by atoms with Crippen molar-refractivity contribution in [3.05, 3.63) is 65.5 Å². The predicted octanol–water partition coefficient (Wildman–Crippen LogP) is 3.47. The van der Waals surface area contributed by atoms with Gasteiger partial charge in [0.25, 0.3) is 0 Å². The Morgan fingerprint density at radius 2 is 2.00 bits per heavy atom. The molecule has 0 aliphatic heterocycles. The number of nitrogen functional groups attached to an aromatic ring is 1. The van der Waals surface area contributed by atoms with Gasteiger partial charge in [-0.05, 0) is 49.4 Å². The first-order valence-corrected chi connectivity index (χ1v) is 10.4. The highest BCUT2D eigenvalue weighted by Crippen LogP contribution is 2.31. The standard InChI is InChI=1S/C21H22FN5OS/c1-13(20(28)24-18-12-6-8-14-7-2-3-9-15(14)18)29-21-26-25-19(27(21)23)16-10-4-5-11-17(16)22/h2-5,7,9-11,13,18H,6,8,12,23H2,1H3,(H,24,28). The minimum Gasteiger partial charge on any atom is -0.348 e. The van der Waals surface area contributed by atoms with Gasteiger partial charge in [-0.3, -0.25) is 4.79 Å². The summed E-state index contributed by atoms with van der Waals surface area (Å²) < 4.78 is 15.3. The van der Waals surface area contributed by atoms with E-state index in [1.165, 1.54) is 33.6 Å². The lowest BCUT2D eigenvalue weighted by Gasteiger charge is -2.27. The van der Waals surface area contributed by atoms with Gasteiger partial charge in [-0.25, -0.2) is 9.07 Å². The van der Waals surface area contributed by atoms with Crippen LogP contribution in [0.1, 0.15) is 36.9 Å². The summed E-state index contributed by atoms with van der Waals surface area (Å²) in [7, 11) is 0. The first-order chi connectivity index (χ1) is 14.0. The topological polar surface area (TPSA) is 85.8 Å². The van der Waals surface area contributed by atoms with Crippen LogP contribution >= 0.6 is 11.8 Å². The van der Waals surface area contributed by atoms with Crippen LogP contribution in [0.4, 0.5) is 4.39 Å². The van der Waals surface area contributed by atoms with Crippen LogP contribution < -0.4 is 11.2 Å². The first-order valence-electron chi connectivity index (χ1n) is 9.55. The third-order valence-corrected chi connectivity index (χ3v) is 6.17. The van der Waals surface area contributed by atoms with Gasteiger partial charge >= 0.3 is 0 Å². The fraction of sp³-hybridized carbons (Fsp3) is 0.286. The molecule has 3 aromatic rings. The molecule has 2 atom stereocenters. The third-order valence-electron chi connectivity index (χ3n) is 5.12. The van der Waals surface area contributed by atoms with E-state index >= 15 is 0 Å². The van der Waals surface area contributed by atoms with Crippen molar-refractivity contribution in [2.24, 2.45) is 0 Å². The Hall–Kier alpha value is -2.87. The van der Waals surface area contributed by atoms with Gasteiger partial charge in [-0.15, -0.1) is 10.2 Å². The number of thioether (sulfide) groups is 1. The second-order valence-corrected chi connectivity index (χ2v) is 8.38. The minimum atomic E-state index is -0.427. The van der Waals surface area contributed by atoms with E-state index in [1.54, 1.807) is 25.1 Å². The van der Waals surface area contributed by atoms with E-state index in [9.17, 15) is 9.18 Å². The van der Waals surface area contributed by atoms with Crippen molar-refractivity contribution in [3.63, 3.8) is 0 Å². The molecule has 6 nitrogen and oxygen atoms in total. The number of benzene rings is 2. The summed E-state index contributed by atoms with van der Waals surface area (Å²) in [5.41, 5.74) is 2.75. The van der Waals surface area contributed by atoms with E-state index in [2.05, 4.69) is 27.6 Å². The second kappa shape index (κ2) is 8.24. The zero-order valence-corrected chi connectivity index (χ0v) is 16.8. The van der Waals surface area contributed by atoms with Gasteiger partial charge in [0.05, 0.1) is 16.9 Å². The molecule has 8 heteroatoms. The SMILES string of the molecule is CC(Sc1nnc(-c2ccccc2F)n1N)C(=O)NC1CCCc2ccccc21. The highest BCUT2D eigenvalue weighted by atomic mass is 32.2. The number of nitrogens with two attached hydrogens (primary N) is 1. The van der Waals surface area contributed by atoms with Gasteiger partial charge in [0.2, 0.25) is 11.1 Å². The van der Waals surface area contributed by atoms with Crippen LogP contribution in [0, 0.1) is 5.82 Å². The molecule has 2 aromatic carbocycles. The maximum atomic E-state index is 14.0. The van der Waals surface area contributed by atoms with E-state index in [0.29, 0.717) is 5.16 Å². The Labute approximate surface area is 172 Å². The number of nitrogens with zero attached hydrogens (tertiary/aromatic N) is 3. The fourth-order valence-corrected chi connectivity index (χ4v) is 4.37. The van der Waals surface area contributed by atoms with Crippen molar-refractivity contribution in [1.82, 2.24) is 20.2 Å². The van der Waals surface area contributed by atoms with Crippen LogP contribution in [0.25, 0.3) is 11.4 Å². The third kappa shape index (κ3) is 3.98. The molecule has 0 radical (unpaired) electrons. The monoisotopic (exact) mass is 411 g/mol.